The lowest BCUT2D eigenvalue weighted by molar-refractivity contribution is -0.166. The van der Waals surface area contributed by atoms with Gasteiger partial charge in [0, 0.05) is 23.5 Å². The standard InChI is InChI=1S/C26H30F6N2O2/c1-14(2)12-24(13-34(22(35)17(24)5)21-15(3)7-6-8-16(21)4)23(36)33-20-10-18(25(27,28)29)9-19(11-20)26(30,31)32/h6-8,10-11,14,17-18H,9,12-13H2,1-5H3,(H,33,36)/t17-,18?,24-/m1/s1. The summed E-state index contributed by atoms with van der Waals surface area (Å²) >= 11 is 0. The second-order valence-electron chi connectivity index (χ2n) is 10.2. The first-order chi connectivity index (χ1) is 16.5. The first kappa shape index (κ1) is 27.8. The zero-order valence-electron chi connectivity index (χ0n) is 20.8. The molecular weight excluding hydrogens is 486 g/mol. The largest absolute Gasteiger partial charge is 0.412 e. The van der Waals surface area contributed by atoms with Crippen molar-refractivity contribution in [1.29, 1.82) is 0 Å². The van der Waals surface area contributed by atoms with Crippen LogP contribution in [0.5, 0.6) is 0 Å². The summed E-state index contributed by atoms with van der Waals surface area (Å²) in [4.78, 5) is 28.6. The van der Waals surface area contributed by atoms with Crippen LogP contribution < -0.4 is 10.2 Å². The van der Waals surface area contributed by atoms with E-state index in [4.69, 9.17) is 0 Å². The minimum Gasteiger partial charge on any atom is -0.326 e. The van der Waals surface area contributed by atoms with Crippen molar-refractivity contribution in [3.8, 4) is 0 Å². The zero-order chi connectivity index (χ0) is 27.2. The monoisotopic (exact) mass is 516 g/mol. The van der Waals surface area contributed by atoms with Gasteiger partial charge in [0.15, 0.2) is 0 Å². The highest BCUT2D eigenvalue weighted by Gasteiger charge is 2.56. The Bertz CT molecular complexity index is 1080. The van der Waals surface area contributed by atoms with E-state index in [-0.39, 0.29) is 24.8 Å². The van der Waals surface area contributed by atoms with Crippen LogP contribution >= 0.6 is 0 Å². The third-order valence-corrected chi connectivity index (χ3v) is 7.03. The molecule has 1 aromatic carbocycles. The van der Waals surface area contributed by atoms with Crippen LogP contribution in [0.1, 0.15) is 44.7 Å². The number of aryl methyl sites for hydroxylation is 2. The molecule has 2 aliphatic rings. The van der Waals surface area contributed by atoms with Crippen LogP contribution in [-0.4, -0.2) is 30.7 Å². The minimum absolute atomic E-state index is 0.0332. The number of anilines is 1. The van der Waals surface area contributed by atoms with Crippen LogP contribution in [0.2, 0.25) is 0 Å². The van der Waals surface area contributed by atoms with Crippen molar-refractivity contribution in [2.24, 2.45) is 23.2 Å². The molecular formula is C26H30F6N2O2. The molecule has 4 nitrogen and oxygen atoms in total. The number of carbonyl (C=O) groups is 2. The van der Waals surface area contributed by atoms with E-state index in [2.05, 4.69) is 5.32 Å². The Kier molecular flexibility index (Phi) is 7.41. The van der Waals surface area contributed by atoms with Gasteiger partial charge in [-0.25, -0.2) is 0 Å². The third kappa shape index (κ3) is 5.32. The zero-order valence-corrected chi connectivity index (χ0v) is 20.8. The summed E-state index contributed by atoms with van der Waals surface area (Å²) in [5.74, 6) is -4.39. The summed E-state index contributed by atoms with van der Waals surface area (Å²) in [6.45, 7) is 8.90. The summed E-state index contributed by atoms with van der Waals surface area (Å²) in [6, 6.07) is 5.50. The average molecular weight is 517 g/mol. The highest BCUT2D eigenvalue weighted by atomic mass is 19.4. The third-order valence-electron chi connectivity index (χ3n) is 7.03. The Labute approximate surface area is 206 Å². The second-order valence-corrected chi connectivity index (χ2v) is 10.2. The molecule has 0 aromatic heterocycles. The fourth-order valence-electron chi connectivity index (χ4n) is 5.27. The van der Waals surface area contributed by atoms with Crippen LogP contribution in [0.3, 0.4) is 0 Å². The first-order valence-corrected chi connectivity index (χ1v) is 11.7. The Hall–Kier alpha value is -2.78. The van der Waals surface area contributed by atoms with Gasteiger partial charge in [-0.1, -0.05) is 39.0 Å². The van der Waals surface area contributed by atoms with Gasteiger partial charge in [-0.05, 0) is 55.9 Å². The van der Waals surface area contributed by atoms with Crippen molar-refractivity contribution in [3.05, 3.63) is 52.7 Å². The van der Waals surface area contributed by atoms with Crippen LogP contribution in [0.15, 0.2) is 41.6 Å². The molecule has 1 heterocycles. The molecule has 1 unspecified atom stereocenters. The molecule has 1 aromatic rings. The number of rotatable bonds is 5. The Balaban J connectivity index is 2.03. The maximum atomic E-state index is 13.7. The van der Waals surface area contributed by atoms with Gasteiger partial charge < -0.3 is 10.2 Å². The first-order valence-electron chi connectivity index (χ1n) is 11.7. The number of amides is 2. The van der Waals surface area contributed by atoms with E-state index in [1.807, 2.05) is 45.9 Å². The van der Waals surface area contributed by atoms with E-state index >= 15 is 0 Å². The maximum Gasteiger partial charge on any atom is 0.412 e. The summed E-state index contributed by atoms with van der Waals surface area (Å²) in [6.07, 6.45) is -9.75. The van der Waals surface area contributed by atoms with Gasteiger partial charge >= 0.3 is 12.4 Å². The predicted molar refractivity (Wildman–Crippen MR) is 124 cm³/mol. The Morgan fingerprint density at radius 1 is 1.14 bits per heavy atom. The molecule has 1 fully saturated rings. The van der Waals surface area contributed by atoms with Gasteiger partial charge in [0.1, 0.15) is 0 Å². The average Bonchev–Trinajstić information content (AvgIpc) is 2.98. The number of allylic oxidation sites excluding steroid dienone is 3. The van der Waals surface area contributed by atoms with Crippen molar-refractivity contribution < 1.29 is 35.9 Å². The lowest BCUT2D eigenvalue weighted by Gasteiger charge is -2.33. The normalized spacial score (nSPS) is 25.2. The molecule has 0 spiro atoms. The minimum atomic E-state index is -4.97. The second kappa shape index (κ2) is 9.59. The van der Waals surface area contributed by atoms with E-state index in [0.717, 1.165) is 11.1 Å². The number of benzene rings is 1. The molecule has 1 aliphatic heterocycles. The van der Waals surface area contributed by atoms with Gasteiger partial charge in [0.05, 0.1) is 17.3 Å². The number of hydrogen-bond acceptors (Lipinski definition) is 2. The highest BCUT2D eigenvalue weighted by molar-refractivity contribution is 6.05. The van der Waals surface area contributed by atoms with Gasteiger partial charge in [-0.15, -0.1) is 0 Å². The van der Waals surface area contributed by atoms with Crippen molar-refractivity contribution in [1.82, 2.24) is 5.32 Å². The van der Waals surface area contributed by atoms with Gasteiger partial charge in [-0.2, -0.15) is 26.3 Å². The number of nitrogens with zero attached hydrogens (tertiary/aromatic N) is 1. The number of halogens is 6. The maximum absolute atomic E-state index is 13.7. The molecule has 0 radical (unpaired) electrons. The fourth-order valence-corrected chi connectivity index (χ4v) is 5.27. The van der Waals surface area contributed by atoms with Gasteiger partial charge in [0.25, 0.3) is 0 Å². The molecule has 36 heavy (non-hydrogen) atoms. The molecule has 1 aliphatic carbocycles. The summed E-state index contributed by atoms with van der Waals surface area (Å²) in [7, 11) is 0. The summed E-state index contributed by atoms with van der Waals surface area (Å²) in [5, 5.41) is 2.33. The molecule has 3 atom stereocenters. The number of hydrogen-bond donors (Lipinski definition) is 1. The summed E-state index contributed by atoms with van der Waals surface area (Å²) < 4.78 is 80.2. The lowest BCUT2D eigenvalue weighted by atomic mass is 9.72. The van der Waals surface area contributed by atoms with E-state index in [1.165, 1.54) is 4.90 Å². The van der Waals surface area contributed by atoms with E-state index in [9.17, 15) is 35.9 Å². The van der Waals surface area contributed by atoms with Crippen LogP contribution in [0.25, 0.3) is 0 Å². The Morgan fingerprint density at radius 3 is 2.22 bits per heavy atom. The van der Waals surface area contributed by atoms with E-state index < -0.39 is 53.2 Å². The highest BCUT2D eigenvalue weighted by Crippen LogP contribution is 2.46. The molecule has 198 valence electrons. The number of alkyl halides is 6. The molecule has 0 saturated carbocycles. The fraction of sp³-hybridized carbons (Fsp3) is 0.538. The topological polar surface area (TPSA) is 49.4 Å². The van der Waals surface area contributed by atoms with E-state index in [0.29, 0.717) is 17.8 Å². The lowest BCUT2D eigenvalue weighted by Crippen LogP contribution is -2.47. The number of para-hydroxylation sites is 1. The van der Waals surface area contributed by atoms with Crippen LogP contribution in [0, 0.1) is 37.0 Å². The predicted octanol–water partition coefficient (Wildman–Crippen LogP) is 6.39. The van der Waals surface area contributed by atoms with Crippen LogP contribution in [-0.2, 0) is 9.59 Å². The molecule has 3 rings (SSSR count). The van der Waals surface area contributed by atoms with Gasteiger partial charge in [0.2, 0.25) is 11.8 Å². The quantitative estimate of drug-likeness (QED) is 0.461. The van der Waals surface area contributed by atoms with Gasteiger partial charge in [-0.3, -0.25) is 9.59 Å². The molecule has 1 N–H and O–H groups in total. The van der Waals surface area contributed by atoms with E-state index in [1.54, 1.807) is 6.92 Å². The SMILES string of the molecule is Cc1cccc(C)c1N1C[C@@](CC(C)C)(C(=O)NC2=CC(C(F)(F)F)CC(C(F)(F)F)=C2)[C@H](C)C1=O. The van der Waals surface area contributed by atoms with Crippen molar-refractivity contribution in [2.45, 2.75) is 59.8 Å². The molecule has 0 bridgehead atoms. The Morgan fingerprint density at radius 2 is 1.72 bits per heavy atom. The molecule has 10 heteroatoms. The molecule has 1 saturated heterocycles. The number of nitrogens with one attached hydrogen (secondary N) is 1. The smallest absolute Gasteiger partial charge is 0.326 e. The molecule has 2 amide bonds. The van der Waals surface area contributed by atoms with Crippen molar-refractivity contribution in [2.75, 3.05) is 11.4 Å². The van der Waals surface area contributed by atoms with Crippen molar-refractivity contribution in [3.63, 3.8) is 0 Å². The van der Waals surface area contributed by atoms with Crippen LogP contribution in [0.4, 0.5) is 32.0 Å². The summed E-state index contributed by atoms with van der Waals surface area (Å²) in [5.41, 5.74) is -0.990. The van der Waals surface area contributed by atoms with Crippen molar-refractivity contribution >= 4 is 17.5 Å². The number of carbonyl (C=O) groups excluding carboxylic acids is 2.